The van der Waals surface area contributed by atoms with Gasteiger partial charge >= 0.3 is 5.97 Å². The summed E-state index contributed by atoms with van der Waals surface area (Å²) in [4.78, 5) is 16.3. The number of aromatic nitrogens is 1. The van der Waals surface area contributed by atoms with Crippen molar-refractivity contribution < 1.29 is 14.6 Å². The standard InChI is InChI=1S/C16H19NO3S/c1-10-4-5-13(20-3)12(8-10)9-15-17-11(2)14(21-15)6-7-16(18)19/h4-5,8H,6-7,9H2,1-3H3,(H,18,19). The van der Waals surface area contributed by atoms with Gasteiger partial charge in [0.1, 0.15) is 5.75 Å². The van der Waals surface area contributed by atoms with Crippen molar-refractivity contribution in [2.45, 2.75) is 33.1 Å². The molecule has 4 nitrogen and oxygen atoms in total. The molecule has 0 radical (unpaired) electrons. The Morgan fingerprint density at radius 1 is 1.38 bits per heavy atom. The van der Waals surface area contributed by atoms with Crippen LogP contribution in [-0.4, -0.2) is 23.2 Å². The van der Waals surface area contributed by atoms with Crippen LogP contribution in [0.15, 0.2) is 18.2 Å². The second-order valence-electron chi connectivity index (χ2n) is 5.00. The fourth-order valence-corrected chi connectivity index (χ4v) is 3.32. The van der Waals surface area contributed by atoms with Crippen LogP contribution in [0.25, 0.3) is 0 Å². The first-order valence-corrected chi connectivity index (χ1v) is 7.61. The summed E-state index contributed by atoms with van der Waals surface area (Å²) in [6, 6.07) is 6.09. The van der Waals surface area contributed by atoms with E-state index in [1.807, 2.05) is 26.0 Å². The molecule has 2 aromatic rings. The van der Waals surface area contributed by atoms with Gasteiger partial charge in [0, 0.05) is 16.9 Å². The van der Waals surface area contributed by atoms with Crippen molar-refractivity contribution in [1.29, 1.82) is 0 Å². The van der Waals surface area contributed by atoms with Crippen molar-refractivity contribution >= 4 is 17.3 Å². The molecule has 1 aromatic heterocycles. The van der Waals surface area contributed by atoms with E-state index in [1.165, 1.54) is 5.56 Å². The Hall–Kier alpha value is -1.88. The van der Waals surface area contributed by atoms with Gasteiger partial charge in [-0.3, -0.25) is 4.79 Å². The van der Waals surface area contributed by atoms with Gasteiger partial charge in [0.25, 0.3) is 0 Å². The predicted octanol–water partition coefficient (Wildman–Crippen LogP) is 3.38. The average Bonchev–Trinajstić information content (AvgIpc) is 2.77. The summed E-state index contributed by atoms with van der Waals surface area (Å²) < 4.78 is 5.39. The van der Waals surface area contributed by atoms with E-state index in [4.69, 9.17) is 9.84 Å². The fourth-order valence-electron chi connectivity index (χ4n) is 2.22. The minimum atomic E-state index is -0.773. The first-order chi connectivity index (χ1) is 9.99. The molecule has 112 valence electrons. The minimum Gasteiger partial charge on any atom is -0.496 e. The van der Waals surface area contributed by atoms with Crippen LogP contribution in [0.5, 0.6) is 5.75 Å². The summed E-state index contributed by atoms with van der Waals surface area (Å²) in [6.45, 7) is 3.99. The van der Waals surface area contributed by atoms with Crippen LogP contribution in [0.3, 0.4) is 0 Å². The van der Waals surface area contributed by atoms with Gasteiger partial charge in [0.2, 0.25) is 0 Å². The molecule has 1 heterocycles. The maximum absolute atomic E-state index is 10.7. The van der Waals surface area contributed by atoms with Crippen molar-refractivity contribution in [2.24, 2.45) is 0 Å². The van der Waals surface area contributed by atoms with Crippen LogP contribution in [0, 0.1) is 13.8 Å². The van der Waals surface area contributed by atoms with Crippen LogP contribution in [-0.2, 0) is 17.6 Å². The lowest BCUT2D eigenvalue weighted by molar-refractivity contribution is -0.136. The van der Waals surface area contributed by atoms with Gasteiger partial charge in [-0.15, -0.1) is 11.3 Å². The van der Waals surface area contributed by atoms with E-state index < -0.39 is 5.97 Å². The number of carboxylic acids is 1. The van der Waals surface area contributed by atoms with Crippen LogP contribution in [0.1, 0.15) is 33.1 Å². The number of carboxylic acid groups (broad SMARTS) is 1. The molecule has 0 fully saturated rings. The molecule has 0 spiro atoms. The highest BCUT2D eigenvalue weighted by Gasteiger charge is 2.12. The first kappa shape index (κ1) is 15.5. The average molecular weight is 305 g/mol. The SMILES string of the molecule is COc1ccc(C)cc1Cc1nc(C)c(CCC(=O)O)s1. The summed E-state index contributed by atoms with van der Waals surface area (Å²) >= 11 is 1.59. The number of aliphatic carboxylic acids is 1. The molecule has 0 aliphatic carbocycles. The van der Waals surface area contributed by atoms with Crippen molar-refractivity contribution in [2.75, 3.05) is 7.11 Å². The van der Waals surface area contributed by atoms with E-state index in [0.717, 1.165) is 26.9 Å². The molecule has 1 aromatic carbocycles. The summed E-state index contributed by atoms with van der Waals surface area (Å²) in [5, 5.41) is 9.77. The molecule has 5 heteroatoms. The zero-order chi connectivity index (χ0) is 15.4. The topological polar surface area (TPSA) is 59.4 Å². The second kappa shape index (κ2) is 6.72. The van der Waals surface area contributed by atoms with Gasteiger partial charge in [-0.25, -0.2) is 4.98 Å². The lowest BCUT2D eigenvalue weighted by Crippen LogP contribution is -1.96. The minimum absolute atomic E-state index is 0.149. The van der Waals surface area contributed by atoms with Gasteiger partial charge in [-0.2, -0.15) is 0 Å². The smallest absolute Gasteiger partial charge is 0.303 e. The molecule has 2 rings (SSSR count). The molecule has 0 saturated heterocycles. The van der Waals surface area contributed by atoms with Crippen molar-refractivity contribution in [1.82, 2.24) is 4.98 Å². The van der Waals surface area contributed by atoms with Crippen molar-refractivity contribution in [3.05, 3.63) is 44.9 Å². The Labute approximate surface area is 128 Å². The van der Waals surface area contributed by atoms with E-state index in [0.29, 0.717) is 12.8 Å². The summed E-state index contributed by atoms with van der Waals surface area (Å²) in [6.07, 6.45) is 1.41. The largest absolute Gasteiger partial charge is 0.496 e. The van der Waals surface area contributed by atoms with Gasteiger partial charge in [0.05, 0.1) is 24.2 Å². The number of aryl methyl sites for hydroxylation is 3. The zero-order valence-corrected chi connectivity index (χ0v) is 13.3. The number of hydrogen-bond donors (Lipinski definition) is 1. The Kier molecular flexibility index (Phi) is 4.96. The Morgan fingerprint density at radius 2 is 2.14 bits per heavy atom. The molecule has 21 heavy (non-hydrogen) atoms. The Balaban J connectivity index is 2.18. The first-order valence-electron chi connectivity index (χ1n) is 6.80. The Bertz CT molecular complexity index is 649. The number of nitrogens with zero attached hydrogens (tertiary/aromatic N) is 1. The number of carbonyl (C=O) groups is 1. The summed E-state index contributed by atoms with van der Waals surface area (Å²) in [5.41, 5.74) is 3.23. The van der Waals surface area contributed by atoms with Crippen molar-refractivity contribution in [3.63, 3.8) is 0 Å². The van der Waals surface area contributed by atoms with E-state index in [-0.39, 0.29) is 6.42 Å². The molecule has 0 bridgehead atoms. The van der Waals surface area contributed by atoms with E-state index in [2.05, 4.69) is 11.1 Å². The molecule has 0 amide bonds. The second-order valence-corrected chi connectivity index (χ2v) is 6.17. The van der Waals surface area contributed by atoms with Gasteiger partial charge in [-0.05, 0) is 26.3 Å². The van der Waals surface area contributed by atoms with E-state index in [1.54, 1.807) is 18.4 Å². The van der Waals surface area contributed by atoms with Crippen molar-refractivity contribution in [3.8, 4) is 5.75 Å². The van der Waals surface area contributed by atoms with Gasteiger partial charge in [0.15, 0.2) is 0 Å². The van der Waals surface area contributed by atoms with E-state index >= 15 is 0 Å². The molecule has 0 aliphatic rings. The lowest BCUT2D eigenvalue weighted by Gasteiger charge is -2.07. The molecule has 1 N–H and O–H groups in total. The lowest BCUT2D eigenvalue weighted by atomic mass is 10.1. The maximum atomic E-state index is 10.7. The zero-order valence-electron chi connectivity index (χ0n) is 12.5. The number of rotatable bonds is 6. The maximum Gasteiger partial charge on any atom is 0.303 e. The quantitative estimate of drug-likeness (QED) is 0.889. The Morgan fingerprint density at radius 3 is 2.81 bits per heavy atom. The molecule has 0 atom stereocenters. The highest BCUT2D eigenvalue weighted by Crippen LogP contribution is 2.27. The number of hydrogen-bond acceptors (Lipinski definition) is 4. The summed E-state index contributed by atoms with van der Waals surface area (Å²) in [7, 11) is 1.67. The number of methoxy groups -OCH3 is 1. The predicted molar refractivity (Wildman–Crippen MR) is 83.3 cm³/mol. The monoisotopic (exact) mass is 305 g/mol. The fraction of sp³-hybridized carbons (Fsp3) is 0.375. The van der Waals surface area contributed by atoms with E-state index in [9.17, 15) is 4.79 Å². The van der Waals surface area contributed by atoms with Crippen LogP contribution in [0.2, 0.25) is 0 Å². The number of thiazole rings is 1. The normalized spacial score (nSPS) is 10.6. The third-order valence-corrected chi connectivity index (χ3v) is 4.50. The number of benzene rings is 1. The molecular formula is C16H19NO3S. The van der Waals surface area contributed by atoms with Crippen LogP contribution < -0.4 is 4.74 Å². The van der Waals surface area contributed by atoms with Crippen LogP contribution in [0.4, 0.5) is 0 Å². The molecular weight excluding hydrogens is 286 g/mol. The van der Waals surface area contributed by atoms with Gasteiger partial charge in [-0.1, -0.05) is 17.7 Å². The highest BCUT2D eigenvalue weighted by molar-refractivity contribution is 7.11. The molecule has 0 saturated carbocycles. The number of ether oxygens (including phenoxy) is 1. The molecule has 0 unspecified atom stereocenters. The summed E-state index contributed by atoms with van der Waals surface area (Å²) in [5.74, 6) is 0.0882. The third-order valence-electron chi connectivity index (χ3n) is 3.28. The van der Waals surface area contributed by atoms with Gasteiger partial charge < -0.3 is 9.84 Å². The van der Waals surface area contributed by atoms with Crippen LogP contribution >= 0.6 is 11.3 Å². The highest BCUT2D eigenvalue weighted by atomic mass is 32.1. The molecule has 0 aliphatic heterocycles. The third kappa shape index (κ3) is 4.04.